The Kier molecular flexibility index (Phi) is 4.28. The summed E-state index contributed by atoms with van der Waals surface area (Å²) in [7, 11) is 0. The summed E-state index contributed by atoms with van der Waals surface area (Å²) in [5, 5.41) is 0.742. The first-order chi connectivity index (χ1) is 12.2. The van der Waals surface area contributed by atoms with Gasteiger partial charge in [-0.3, -0.25) is 9.69 Å². The van der Waals surface area contributed by atoms with Gasteiger partial charge in [0, 0.05) is 6.54 Å². The van der Waals surface area contributed by atoms with Crippen LogP contribution in [0.25, 0.3) is 10.2 Å². The van der Waals surface area contributed by atoms with Crippen LogP contribution in [-0.2, 0) is 11.2 Å². The van der Waals surface area contributed by atoms with E-state index in [2.05, 4.69) is 4.98 Å². The number of hydrogen-bond donors (Lipinski definition) is 0. The molecule has 1 aliphatic rings. The Morgan fingerprint density at radius 2 is 1.96 bits per heavy atom. The van der Waals surface area contributed by atoms with Crippen LogP contribution in [0.2, 0.25) is 0 Å². The minimum atomic E-state index is 0.0261. The van der Waals surface area contributed by atoms with Crippen LogP contribution in [0.4, 0.5) is 5.13 Å². The molecule has 1 aliphatic heterocycles. The van der Waals surface area contributed by atoms with E-state index in [1.54, 1.807) is 16.2 Å². The second-order valence-electron chi connectivity index (χ2n) is 5.76. The van der Waals surface area contributed by atoms with Gasteiger partial charge in [0.05, 0.1) is 16.6 Å². The van der Waals surface area contributed by atoms with Crippen LogP contribution >= 0.6 is 11.3 Å². The summed E-state index contributed by atoms with van der Waals surface area (Å²) in [4.78, 5) is 19.1. The fourth-order valence-corrected chi connectivity index (χ4v) is 3.91. The second kappa shape index (κ2) is 6.72. The molecule has 1 amide bonds. The number of likely N-dealkylation sites (N-methyl/N-ethyl adjacent to an activating group) is 1. The van der Waals surface area contributed by atoms with Crippen LogP contribution in [-0.4, -0.2) is 30.6 Å². The number of rotatable bonds is 4. The van der Waals surface area contributed by atoms with Crippen molar-refractivity contribution in [2.45, 2.75) is 13.3 Å². The number of para-hydroxylation sites is 1. The Hall–Kier alpha value is -2.60. The van der Waals surface area contributed by atoms with Crippen molar-refractivity contribution in [1.82, 2.24) is 4.98 Å². The minimum absolute atomic E-state index is 0.0261. The third-order valence-corrected chi connectivity index (χ3v) is 5.15. The van der Waals surface area contributed by atoms with E-state index in [0.29, 0.717) is 31.9 Å². The SMILES string of the molecule is CCN(C(=O)Cc1ccc2c(c1)OCCO2)c1nc2ccccc2s1. The molecule has 4 rings (SSSR count). The fourth-order valence-electron chi connectivity index (χ4n) is 2.86. The lowest BCUT2D eigenvalue weighted by Crippen LogP contribution is -2.31. The van der Waals surface area contributed by atoms with Gasteiger partial charge in [0.25, 0.3) is 0 Å². The first kappa shape index (κ1) is 15.9. The zero-order valence-electron chi connectivity index (χ0n) is 13.9. The monoisotopic (exact) mass is 354 g/mol. The lowest BCUT2D eigenvalue weighted by molar-refractivity contribution is -0.117. The van der Waals surface area contributed by atoms with Gasteiger partial charge in [0.15, 0.2) is 16.6 Å². The molecular weight excluding hydrogens is 336 g/mol. The molecule has 0 atom stereocenters. The minimum Gasteiger partial charge on any atom is -0.486 e. The predicted molar refractivity (Wildman–Crippen MR) is 98.8 cm³/mol. The fraction of sp³-hybridized carbons (Fsp3) is 0.263. The Bertz CT molecular complexity index is 889. The standard InChI is InChI=1S/C19H18N2O3S/c1-2-21(19-20-14-5-3-4-6-17(14)25-19)18(22)12-13-7-8-15-16(11-13)24-10-9-23-15/h3-8,11H,2,9-10,12H2,1H3. The van der Waals surface area contributed by atoms with Crippen LogP contribution in [0.15, 0.2) is 42.5 Å². The highest BCUT2D eigenvalue weighted by atomic mass is 32.1. The number of aromatic nitrogens is 1. The van der Waals surface area contributed by atoms with Gasteiger partial charge >= 0.3 is 0 Å². The summed E-state index contributed by atoms with van der Waals surface area (Å²) >= 11 is 1.54. The maximum atomic E-state index is 12.8. The van der Waals surface area contributed by atoms with Gasteiger partial charge in [0.1, 0.15) is 13.2 Å². The van der Waals surface area contributed by atoms with Crippen molar-refractivity contribution < 1.29 is 14.3 Å². The summed E-state index contributed by atoms with van der Waals surface area (Å²) in [6, 6.07) is 13.6. The number of benzene rings is 2. The summed E-state index contributed by atoms with van der Waals surface area (Å²) < 4.78 is 12.2. The number of carbonyl (C=O) groups excluding carboxylic acids is 1. The molecule has 2 heterocycles. The highest BCUT2D eigenvalue weighted by molar-refractivity contribution is 7.22. The van der Waals surface area contributed by atoms with Gasteiger partial charge in [-0.1, -0.05) is 29.5 Å². The first-order valence-corrected chi connectivity index (χ1v) is 9.10. The predicted octanol–water partition coefficient (Wildman–Crippen LogP) is 3.66. The largest absolute Gasteiger partial charge is 0.486 e. The van der Waals surface area contributed by atoms with Crippen LogP contribution in [0.1, 0.15) is 12.5 Å². The number of thiazole rings is 1. The second-order valence-corrected chi connectivity index (χ2v) is 6.77. The molecule has 6 heteroatoms. The molecule has 0 bridgehead atoms. The third kappa shape index (κ3) is 3.17. The molecule has 3 aromatic rings. The normalized spacial score (nSPS) is 13.0. The highest BCUT2D eigenvalue weighted by Crippen LogP contribution is 2.32. The topological polar surface area (TPSA) is 51.7 Å². The maximum Gasteiger partial charge on any atom is 0.233 e. The average Bonchev–Trinajstić information content (AvgIpc) is 3.05. The number of carbonyl (C=O) groups is 1. The van der Waals surface area contributed by atoms with E-state index in [1.807, 2.05) is 49.4 Å². The Morgan fingerprint density at radius 3 is 2.76 bits per heavy atom. The molecule has 0 aliphatic carbocycles. The Balaban J connectivity index is 1.56. The number of hydrogen-bond acceptors (Lipinski definition) is 5. The van der Waals surface area contributed by atoms with Crippen molar-refractivity contribution in [1.29, 1.82) is 0 Å². The first-order valence-electron chi connectivity index (χ1n) is 8.29. The Morgan fingerprint density at radius 1 is 1.16 bits per heavy atom. The zero-order chi connectivity index (χ0) is 17.2. The van der Waals surface area contributed by atoms with Crippen LogP contribution in [0, 0.1) is 0 Å². The van der Waals surface area contributed by atoms with Crippen molar-refractivity contribution in [3.8, 4) is 11.5 Å². The third-order valence-electron chi connectivity index (χ3n) is 4.09. The lowest BCUT2D eigenvalue weighted by atomic mass is 10.1. The van der Waals surface area contributed by atoms with Crippen LogP contribution < -0.4 is 14.4 Å². The Labute approximate surface area is 149 Å². The number of ether oxygens (including phenoxy) is 2. The van der Waals surface area contributed by atoms with E-state index in [4.69, 9.17) is 9.47 Å². The van der Waals surface area contributed by atoms with Gasteiger partial charge in [-0.25, -0.2) is 4.98 Å². The van der Waals surface area contributed by atoms with E-state index in [1.165, 1.54) is 0 Å². The van der Waals surface area contributed by atoms with Crippen molar-refractivity contribution in [3.63, 3.8) is 0 Å². The lowest BCUT2D eigenvalue weighted by Gasteiger charge is -2.20. The summed E-state index contributed by atoms with van der Waals surface area (Å²) in [5.41, 5.74) is 1.84. The molecule has 25 heavy (non-hydrogen) atoms. The van der Waals surface area contributed by atoms with E-state index in [0.717, 1.165) is 26.7 Å². The molecule has 0 N–H and O–H groups in total. The molecule has 1 aromatic heterocycles. The average molecular weight is 354 g/mol. The number of nitrogens with zero attached hydrogens (tertiary/aromatic N) is 2. The van der Waals surface area contributed by atoms with Gasteiger partial charge in [-0.2, -0.15) is 0 Å². The molecule has 0 radical (unpaired) electrons. The molecular formula is C19H18N2O3S. The molecule has 128 valence electrons. The number of amides is 1. The molecule has 0 saturated heterocycles. The summed E-state index contributed by atoms with van der Waals surface area (Å²) in [6.07, 6.45) is 0.306. The quantitative estimate of drug-likeness (QED) is 0.717. The van der Waals surface area contributed by atoms with Crippen molar-refractivity contribution in [3.05, 3.63) is 48.0 Å². The molecule has 0 saturated carbocycles. The summed E-state index contributed by atoms with van der Waals surface area (Å²) in [6.45, 7) is 3.65. The summed E-state index contributed by atoms with van der Waals surface area (Å²) in [5.74, 6) is 1.47. The van der Waals surface area contributed by atoms with Gasteiger partial charge in [-0.05, 0) is 36.8 Å². The molecule has 2 aromatic carbocycles. The van der Waals surface area contributed by atoms with Gasteiger partial charge < -0.3 is 9.47 Å². The van der Waals surface area contributed by atoms with Crippen LogP contribution in [0.3, 0.4) is 0 Å². The van der Waals surface area contributed by atoms with Gasteiger partial charge in [-0.15, -0.1) is 0 Å². The van der Waals surface area contributed by atoms with Crippen molar-refractivity contribution in [2.75, 3.05) is 24.7 Å². The molecule has 0 fully saturated rings. The molecule has 0 unspecified atom stereocenters. The van der Waals surface area contributed by atoms with E-state index < -0.39 is 0 Å². The van der Waals surface area contributed by atoms with Crippen LogP contribution in [0.5, 0.6) is 11.5 Å². The van der Waals surface area contributed by atoms with E-state index in [-0.39, 0.29) is 5.91 Å². The van der Waals surface area contributed by atoms with Crippen molar-refractivity contribution >= 4 is 32.6 Å². The number of anilines is 1. The smallest absolute Gasteiger partial charge is 0.233 e. The highest BCUT2D eigenvalue weighted by Gasteiger charge is 2.19. The zero-order valence-corrected chi connectivity index (χ0v) is 14.7. The molecule has 0 spiro atoms. The molecule has 5 nitrogen and oxygen atoms in total. The van der Waals surface area contributed by atoms with E-state index >= 15 is 0 Å². The van der Waals surface area contributed by atoms with Crippen molar-refractivity contribution in [2.24, 2.45) is 0 Å². The van der Waals surface area contributed by atoms with E-state index in [9.17, 15) is 4.79 Å². The number of fused-ring (bicyclic) bond motifs is 2. The maximum absolute atomic E-state index is 12.8. The van der Waals surface area contributed by atoms with Gasteiger partial charge in [0.2, 0.25) is 5.91 Å².